The SMILES string of the molecule is [CH]NCCc1ccccc1OC. The Morgan fingerprint density at radius 1 is 1.42 bits per heavy atom. The zero-order chi connectivity index (χ0) is 8.81. The fourth-order valence-corrected chi connectivity index (χ4v) is 1.12. The van der Waals surface area contributed by atoms with Crippen LogP contribution >= 0.6 is 0 Å². The molecule has 2 radical (unpaired) electrons. The van der Waals surface area contributed by atoms with Crippen molar-refractivity contribution in [1.29, 1.82) is 0 Å². The predicted molar refractivity (Wildman–Crippen MR) is 49.0 cm³/mol. The Morgan fingerprint density at radius 2 is 2.17 bits per heavy atom. The van der Waals surface area contributed by atoms with Crippen LogP contribution in [0.5, 0.6) is 5.75 Å². The molecule has 0 bridgehead atoms. The molecule has 0 aliphatic carbocycles. The monoisotopic (exact) mass is 163 g/mol. The van der Waals surface area contributed by atoms with Crippen LogP contribution in [0.1, 0.15) is 5.56 Å². The molecule has 0 aliphatic heterocycles. The molecule has 0 heterocycles. The first-order valence-corrected chi connectivity index (χ1v) is 3.94. The zero-order valence-corrected chi connectivity index (χ0v) is 7.21. The van der Waals surface area contributed by atoms with Gasteiger partial charge in [0.15, 0.2) is 0 Å². The first-order chi connectivity index (χ1) is 5.88. The van der Waals surface area contributed by atoms with E-state index in [9.17, 15) is 0 Å². The fraction of sp³-hybridized carbons (Fsp3) is 0.300. The summed E-state index contributed by atoms with van der Waals surface area (Å²) in [6.45, 7) is 0.764. The van der Waals surface area contributed by atoms with Gasteiger partial charge >= 0.3 is 0 Å². The maximum absolute atomic E-state index is 5.18. The van der Waals surface area contributed by atoms with Gasteiger partial charge in [0, 0.05) is 7.05 Å². The second-order valence-electron chi connectivity index (χ2n) is 2.52. The van der Waals surface area contributed by atoms with E-state index in [0.717, 1.165) is 18.7 Å². The molecule has 0 amide bonds. The Balaban J connectivity index is 2.68. The van der Waals surface area contributed by atoms with E-state index in [0.29, 0.717) is 0 Å². The molecule has 0 unspecified atom stereocenters. The lowest BCUT2D eigenvalue weighted by molar-refractivity contribution is 0.409. The molecule has 0 aliphatic rings. The van der Waals surface area contributed by atoms with Crippen LogP contribution in [0.3, 0.4) is 0 Å². The van der Waals surface area contributed by atoms with Crippen LogP contribution in [0.25, 0.3) is 0 Å². The normalized spacial score (nSPS) is 9.83. The third kappa shape index (κ3) is 2.24. The Hall–Kier alpha value is -1.02. The average molecular weight is 163 g/mol. The Bertz CT molecular complexity index is 235. The highest BCUT2D eigenvalue weighted by atomic mass is 16.5. The van der Waals surface area contributed by atoms with Crippen LogP contribution in [0.2, 0.25) is 0 Å². The number of ether oxygens (including phenoxy) is 1. The quantitative estimate of drug-likeness (QED) is 0.679. The molecule has 0 fully saturated rings. The van der Waals surface area contributed by atoms with Gasteiger partial charge in [0.25, 0.3) is 0 Å². The molecule has 2 nitrogen and oxygen atoms in total. The summed E-state index contributed by atoms with van der Waals surface area (Å²) in [7, 11) is 6.85. The van der Waals surface area contributed by atoms with E-state index in [1.54, 1.807) is 7.11 Å². The van der Waals surface area contributed by atoms with Crippen molar-refractivity contribution in [3.63, 3.8) is 0 Å². The highest BCUT2D eigenvalue weighted by Gasteiger charge is 1.98. The van der Waals surface area contributed by atoms with Gasteiger partial charge < -0.3 is 10.1 Å². The van der Waals surface area contributed by atoms with E-state index >= 15 is 0 Å². The van der Waals surface area contributed by atoms with Crippen molar-refractivity contribution in [3.8, 4) is 5.75 Å². The maximum atomic E-state index is 5.18. The van der Waals surface area contributed by atoms with E-state index in [4.69, 9.17) is 11.8 Å². The first-order valence-electron chi connectivity index (χ1n) is 3.94. The summed E-state index contributed by atoms with van der Waals surface area (Å²) in [6.07, 6.45) is 0.889. The van der Waals surface area contributed by atoms with E-state index in [2.05, 4.69) is 5.32 Å². The van der Waals surface area contributed by atoms with Gasteiger partial charge in [0.1, 0.15) is 5.75 Å². The lowest BCUT2D eigenvalue weighted by Crippen LogP contribution is -2.08. The number of methoxy groups -OCH3 is 1. The summed E-state index contributed by atoms with van der Waals surface area (Å²) < 4.78 is 5.17. The van der Waals surface area contributed by atoms with Crippen molar-refractivity contribution in [1.82, 2.24) is 5.32 Å². The van der Waals surface area contributed by atoms with Crippen molar-refractivity contribution < 1.29 is 4.74 Å². The fourth-order valence-electron chi connectivity index (χ4n) is 1.12. The third-order valence-electron chi connectivity index (χ3n) is 1.73. The molecule has 0 atom stereocenters. The molecule has 1 aromatic rings. The zero-order valence-electron chi connectivity index (χ0n) is 7.21. The molecular formula is C10H13NO. The van der Waals surface area contributed by atoms with Crippen LogP contribution in [0.15, 0.2) is 24.3 Å². The van der Waals surface area contributed by atoms with E-state index in [1.807, 2.05) is 24.3 Å². The van der Waals surface area contributed by atoms with Gasteiger partial charge in [-0.2, -0.15) is 0 Å². The molecular weight excluding hydrogens is 150 g/mol. The van der Waals surface area contributed by atoms with Gasteiger partial charge in [-0.1, -0.05) is 18.2 Å². The number of hydrogen-bond donors (Lipinski definition) is 1. The average Bonchev–Trinajstić information content (AvgIpc) is 2.15. The molecule has 64 valence electrons. The standard InChI is InChI=1S/C10H13NO/c1-11-8-7-9-5-3-4-6-10(9)12-2/h1,3-6,11H,7-8H2,2H3. The first kappa shape index (κ1) is 9.07. The van der Waals surface area contributed by atoms with Crippen molar-refractivity contribution in [2.45, 2.75) is 6.42 Å². The van der Waals surface area contributed by atoms with Crippen LogP contribution < -0.4 is 10.1 Å². The summed E-state index contributed by atoms with van der Waals surface area (Å²) in [6, 6.07) is 7.94. The lowest BCUT2D eigenvalue weighted by Gasteiger charge is -2.06. The van der Waals surface area contributed by atoms with Gasteiger partial charge in [0.05, 0.1) is 7.11 Å². The van der Waals surface area contributed by atoms with Gasteiger partial charge in [-0.25, -0.2) is 0 Å². The molecule has 0 saturated carbocycles. The number of para-hydroxylation sites is 1. The predicted octanol–water partition coefficient (Wildman–Crippen LogP) is 1.50. The van der Waals surface area contributed by atoms with Crippen LogP contribution in [-0.4, -0.2) is 13.7 Å². The largest absolute Gasteiger partial charge is 0.496 e. The Kier molecular flexibility index (Phi) is 3.61. The summed E-state index contributed by atoms with van der Waals surface area (Å²) in [5.41, 5.74) is 1.18. The molecule has 1 rings (SSSR count). The van der Waals surface area contributed by atoms with Gasteiger partial charge in [-0.15, -0.1) is 0 Å². The minimum Gasteiger partial charge on any atom is -0.496 e. The molecule has 1 aromatic carbocycles. The van der Waals surface area contributed by atoms with Crippen LogP contribution in [0.4, 0.5) is 0 Å². The number of nitrogens with one attached hydrogen (secondary N) is 1. The van der Waals surface area contributed by atoms with Crippen molar-refractivity contribution in [3.05, 3.63) is 36.9 Å². The second-order valence-corrected chi connectivity index (χ2v) is 2.52. The molecule has 1 N–H and O–H groups in total. The number of benzene rings is 1. The third-order valence-corrected chi connectivity index (χ3v) is 1.73. The summed E-state index contributed by atoms with van der Waals surface area (Å²) in [4.78, 5) is 0. The Labute approximate surface area is 73.6 Å². The minimum atomic E-state index is 0.764. The van der Waals surface area contributed by atoms with Crippen molar-refractivity contribution in [2.75, 3.05) is 13.7 Å². The summed E-state index contributed by atoms with van der Waals surface area (Å²) in [5, 5.41) is 2.61. The number of hydrogen-bond acceptors (Lipinski definition) is 2. The topological polar surface area (TPSA) is 21.3 Å². The van der Waals surface area contributed by atoms with Gasteiger partial charge in [0.2, 0.25) is 0 Å². The highest BCUT2D eigenvalue weighted by molar-refractivity contribution is 5.33. The van der Waals surface area contributed by atoms with E-state index in [-0.39, 0.29) is 0 Å². The number of rotatable bonds is 4. The molecule has 0 aromatic heterocycles. The van der Waals surface area contributed by atoms with Gasteiger partial charge in [-0.3, -0.25) is 0 Å². The lowest BCUT2D eigenvalue weighted by atomic mass is 10.1. The van der Waals surface area contributed by atoms with E-state index < -0.39 is 0 Å². The minimum absolute atomic E-state index is 0.764. The molecule has 2 heteroatoms. The summed E-state index contributed by atoms with van der Waals surface area (Å²) in [5.74, 6) is 0.924. The second kappa shape index (κ2) is 4.78. The van der Waals surface area contributed by atoms with Crippen molar-refractivity contribution >= 4 is 0 Å². The van der Waals surface area contributed by atoms with E-state index in [1.165, 1.54) is 5.56 Å². The molecule has 0 spiro atoms. The Morgan fingerprint density at radius 3 is 2.83 bits per heavy atom. The van der Waals surface area contributed by atoms with Crippen LogP contribution in [0, 0.1) is 7.05 Å². The maximum Gasteiger partial charge on any atom is 0.122 e. The summed E-state index contributed by atoms with van der Waals surface area (Å²) >= 11 is 0. The highest BCUT2D eigenvalue weighted by Crippen LogP contribution is 2.16. The smallest absolute Gasteiger partial charge is 0.122 e. The van der Waals surface area contributed by atoms with Gasteiger partial charge in [-0.05, 0) is 24.6 Å². The van der Waals surface area contributed by atoms with Crippen LogP contribution in [-0.2, 0) is 6.42 Å². The van der Waals surface area contributed by atoms with Crippen molar-refractivity contribution in [2.24, 2.45) is 0 Å². The molecule has 0 saturated heterocycles. The molecule has 12 heavy (non-hydrogen) atoms.